The van der Waals surface area contributed by atoms with Crippen molar-refractivity contribution in [2.75, 3.05) is 13.2 Å². The molecule has 1 fully saturated rings. The van der Waals surface area contributed by atoms with Gasteiger partial charge in [0.05, 0.1) is 6.10 Å². The van der Waals surface area contributed by atoms with E-state index in [2.05, 4.69) is 6.92 Å². The standard InChI is InChI=1S/C11H22O2/c1-2-3-4-7-11-10(9-12)6-5-8-13-11/h10-12H,2-9H2,1H3. The molecule has 0 spiro atoms. The molecule has 2 unspecified atom stereocenters. The van der Waals surface area contributed by atoms with Gasteiger partial charge in [-0.1, -0.05) is 26.2 Å². The summed E-state index contributed by atoms with van der Waals surface area (Å²) < 4.78 is 5.67. The van der Waals surface area contributed by atoms with E-state index in [0.29, 0.717) is 18.6 Å². The summed E-state index contributed by atoms with van der Waals surface area (Å²) in [4.78, 5) is 0. The lowest BCUT2D eigenvalue weighted by Gasteiger charge is -2.30. The Kier molecular flexibility index (Phi) is 5.40. The summed E-state index contributed by atoms with van der Waals surface area (Å²) in [5.74, 6) is 0.408. The minimum atomic E-state index is 0.302. The Morgan fingerprint density at radius 2 is 2.23 bits per heavy atom. The molecule has 1 aliphatic heterocycles. The number of aliphatic hydroxyl groups is 1. The molecule has 0 radical (unpaired) electrons. The third kappa shape index (κ3) is 3.65. The van der Waals surface area contributed by atoms with Crippen LogP contribution in [0.15, 0.2) is 0 Å². The van der Waals surface area contributed by atoms with Gasteiger partial charge in [0.25, 0.3) is 0 Å². The molecule has 0 aromatic rings. The number of unbranched alkanes of at least 4 members (excludes halogenated alkanes) is 2. The smallest absolute Gasteiger partial charge is 0.0625 e. The molecule has 0 aliphatic carbocycles. The Morgan fingerprint density at radius 1 is 1.38 bits per heavy atom. The molecular formula is C11H22O2. The highest BCUT2D eigenvalue weighted by Gasteiger charge is 2.24. The van der Waals surface area contributed by atoms with Gasteiger partial charge >= 0.3 is 0 Å². The Morgan fingerprint density at radius 3 is 2.92 bits per heavy atom. The summed E-state index contributed by atoms with van der Waals surface area (Å²) >= 11 is 0. The van der Waals surface area contributed by atoms with Crippen molar-refractivity contribution in [2.24, 2.45) is 5.92 Å². The van der Waals surface area contributed by atoms with Gasteiger partial charge in [0.15, 0.2) is 0 Å². The maximum absolute atomic E-state index is 9.14. The van der Waals surface area contributed by atoms with E-state index in [9.17, 15) is 0 Å². The van der Waals surface area contributed by atoms with Gasteiger partial charge in [-0.15, -0.1) is 0 Å². The third-order valence-electron chi connectivity index (χ3n) is 2.90. The first kappa shape index (κ1) is 11.0. The van der Waals surface area contributed by atoms with Crippen LogP contribution < -0.4 is 0 Å². The zero-order valence-electron chi connectivity index (χ0n) is 8.67. The lowest BCUT2D eigenvalue weighted by atomic mass is 9.91. The normalized spacial score (nSPS) is 29.1. The molecule has 0 amide bonds. The highest BCUT2D eigenvalue weighted by atomic mass is 16.5. The molecule has 78 valence electrons. The molecule has 0 bridgehead atoms. The number of hydrogen-bond acceptors (Lipinski definition) is 2. The predicted molar refractivity (Wildman–Crippen MR) is 53.7 cm³/mol. The summed E-state index contributed by atoms with van der Waals surface area (Å²) in [5, 5.41) is 9.14. The topological polar surface area (TPSA) is 29.5 Å². The monoisotopic (exact) mass is 186 g/mol. The molecule has 1 saturated heterocycles. The van der Waals surface area contributed by atoms with Crippen LogP contribution in [0.2, 0.25) is 0 Å². The van der Waals surface area contributed by atoms with E-state index in [4.69, 9.17) is 9.84 Å². The van der Waals surface area contributed by atoms with Crippen molar-refractivity contribution in [3.8, 4) is 0 Å². The van der Waals surface area contributed by atoms with Gasteiger partial charge in [-0.05, 0) is 19.3 Å². The Labute approximate surface area is 81.3 Å². The van der Waals surface area contributed by atoms with Crippen molar-refractivity contribution >= 4 is 0 Å². The van der Waals surface area contributed by atoms with Gasteiger partial charge < -0.3 is 9.84 Å². The first-order valence-corrected chi connectivity index (χ1v) is 5.61. The lowest BCUT2D eigenvalue weighted by molar-refractivity contribution is -0.0484. The molecule has 0 aromatic carbocycles. The molecule has 13 heavy (non-hydrogen) atoms. The molecule has 2 atom stereocenters. The first-order chi connectivity index (χ1) is 6.38. The van der Waals surface area contributed by atoms with Gasteiger partial charge in [-0.2, -0.15) is 0 Å². The zero-order valence-corrected chi connectivity index (χ0v) is 8.67. The van der Waals surface area contributed by atoms with Crippen molar-refractivity contribution in [3.63, 3.8) is 0 Å². The van der Waals surface area contributed by atoms with Crippen LogP contribution in [-0.4, -0.2) is 24.4 Å². The predicted octanol–water partition coefficient (Wildman–Crippen LogP) is 2.35. The number of rotatable bonds is 5. The molecule has 0 aromatic heterocycles. The van der Waals surface area contributed by atoms with Crippen LogP contribution in [-0.2, 0) is 4.74 Å². The van der Waals surface area contributed by atoms with Crippen LogP contribution in [0.5, 0.6) is 0 Å². The molecule has 2 heteroatoms. The van der Waals surface area contributed by atoms with Crippen LogP contribution in [0, 0.1) is 5.92 Å². The highest BCUT2D eigenvalue weighted by molar-refractivity contribution is 4.73. The summed E-state index contributed by atoms with van der Waals surface area (Å²) in [5.41, 5.74) is 0. The van der Waals surface area contributed by atoms with Crippen molar-refractivity contribution in [1.29, 1.82) is 0 Å². The average molecular weight is 186 g/mol. The molecule has 1 aliphatic rings. The minimum Gasteiger partial charge on any atom is -0.396 e. The van der Waals surface area contributed by atoms with Crippen LogP contribution in [0.1, 0.15) is 45.4 Å². The van der Waals surface area contributed by atoms with E-state index in [1.165, 1.54) is 19.3 Å². The van der Waals surface area contributed by atoms with Crippen molar-refractivity contribution in [2.45, 2.75) is 51.6 Å². The van der Waals surface area contributed by atoms with Crippen LogP contribution in [0.3, 0.4) is 0 Å². The van der Waals surface area contributed by atoms with Crippen LogP contribution in [0.25, 0.3) is 0 Å². The highest BCUT2D eigenvalue weighted by Crippen LogP contribution is 2.24. The van der Waals surface area contributed by atoms with Gasteiger partial charge in [0.1, 0.15) is 0 Å². The molecular weight excluding hydrogens is 164 g/mol. The summed E-state index contributed by atoms with van der Waals surface area (Å²) in [6.07, 6.45) is 7.54. The van der Waals surface area contributed by atoms with Gasteiger partial charge in [0, 0.05) is 19.1 Å². The SMILES string of the molecule is CCCCCC1OCCCC1CO. The quantitative estimate of drug-likeness (QED) is 0.668. The minimum absolute atomic E-state index is 0.302. The third-order valence-corrected chi connectivity index (χ3v) is 2.90. The van der Waals surface area contributed by atoms with E-state index >= 15 is 0 Å². The van der Waals surface area contributed by atoms with Crippen LogP contribution >= 0.6 is 0 Å². The van der Waals surface area contributed by atoms with E-state index in [1.54, 1.807) is 0 Å². The maximum Gasteiger partial charge on any atom is 0.0625 e. The number of ether oxygens (including phenoxy) is 1. The largest absolute Gasteiger partial charge is 0.396 e. The maximum atomic E-state index is 9.14. The first-order valence-electron chi connectivity index (χ1n) is 5.61. The van der Waals surface area contributed by atoms with E-state index < -0.39 is 0 Å². The molecule has 1 rings (SSSR count). The van der Waals surface area contributed by atoms with Gasteiger partial charge in [-0.25, -0.2) is 0 Å². The summed E-state index contributed by atoms with van der Waals surface area (Å²) in [6.45, 7) is 3.41. The van der Waals surface area contributed by atoms with Crippen molar-refractivity contribution in [1.82, 2.24) is 0 Å². The second-order valence-corrected chi connectivity index (χ2v) is 3.99. The van der Waals surface area contributed by atoms with Gasteiger partial charge in [0.2, 0.25) is 0 Å². The van der Waals surface area contributed by atoms with Crippen molar-refractivity contribution in [3.05, 3.63) is 0 Å². The van der Waals surface area contributed by atoms with Crippen LogP contribution in [0.4, 0.5) is 0 Å². The fourth-order valence-corrected chi connectivity index (χ4v) is 2.03. The Balaban J connectivity index is 2.19. The fraction of sp³-hybridized carbons (Fsp3) is 1.00. The Bertz CT molecular complexity index is 125. The Hall–Kier alpha value is -0.0800. The average Bonchev–Trinajstić information content (AvgIpc) is 2.19. The summed E-state index contributed by atoms with van der Waals surface area (Å²) in [6, 6.07) is 0. The number of hydrogen-bond donors (Lipinski definition) is 1. The van der Waals surface area contributed by atoms with Gasteiger partial charge in [-0.3, -0.25) is 0 Å². The van der Waals surface area contributed by atoms with E-state index in [1.807, 2.05) is 0 Å². The molecule has 0 saturated carbocycles. The van der Waals surface area contributed by atoms with Crippen molar-refractivity contribution < 1.29 is 9.84 Å². The number of aliphatic hydroxyl groups excluding tert-OH is 1. The molecule has 1 N–H and O–H groups in total. The molecule has 1 heterocycles. The fourth-order valence-electron chi connectivity index (χ4n) is 2.03. The lowest BCUT2D eigenvalue weighted by Crippen LogP contribution is -2.31. The summed E-state index contributed by atoms with van der Waals surface area (Å²) in [7, 11) is 0. The zero-order chi connectivity index (χ0) is 9.52. The van der Waals surface area contributed by atoms with E-state index in [-0.39, 0.29) is 0 Å². The second kappa shape index (κ2) is 6.39. The molecule has 2 nitrogen and oxygen atoms in total. The second-order valence-electron chi connectivity index (χ2n) is 3.99. The van der Waals surface area contributed by atoms with E-state index in [0.717, 1.165) is 25.9 Å².